The molecule has 0 N–H and O–H groups in total. The van der Waals surface area contributed by atoms with Gasteiger partial charge in [-0.05, 0) is 107 Å². The average Bonchev–Trinajstić information content (AvgIpc) is 3.64. The van der Waals surface area contributed by atoms with Crippen LogP contribution in [0.2, 0.25) is 0 Å². The smallest absolute Gasteiger partial charge is 0.333 e. The van der Waals surface area contributed by atoms with E-state index in [2.05, 4.69) is 20.1 Å². The number of aldehydes is 1. The lowest BCUT2D eigenvalue weighted by Crippen LogP contribution is -2.40. The first-order valence-corrected chi connectivity index (χ1v) is 13.4. The number of fused-ring (bicyclic) bond motifs is 4. The van der Waals surface area contributed by atoms with Crippen LogP contribution in [0.25, 0.3) is 0 Å². The van der Waals surface area contributed by atoms with Gasteiger partial charge >= 0.3 is 11.9 Å². The fourth-order valence-corrected chi connectivity index (χ4v) is 8.34. The van der Waals surface area contributed by atoms with Crippen molar-refractivity contribution in [1.29, 1.82) is 0 Å². The van der Waals surface area contributed by atoms with Crippen LogP contribution in [-0.4, -0.2) is 29.4 Å². The highest BCUT2D eigenvalue weighted by molar-refractivity contribution is 5.87. The molecule has 5 heteroatoms. The molecule has 5 unspecified atom stereocenters. The van der Waals surface area contributed by atoms with Gasteiger partial charge in [0.05, 0.1) is 0 Å². The number of carbonyl (C=O) groups excluding carboxylic acids is 3. The third-order valence-electron chi connectivity index (χ3n) is 10.0. The van der Waals surface area contributed by atoms with Crippen molar-refractivity contribution in [2.75, 3.05) is 0 Å². The zero-order valence-electron chi connectivity index (χ0n) is 21.1. The Morgan fingerprint density at radius 1 is 0.971 bits per heavy atom. The van der Waals surface area contributed by atoms with Crippen molar-refractivity contribution in [3.8, 4) is 0 Å². The minimum atomic E-state index is -0.274. The third kappa shape index (κ3) is 4.52. The van der Waals surface area contributed by atoms with Crippen molar-refractivity contribution in [2.45, 2.75) is 109 Å². The van der Waals surface area contributed by atoms with Gasteiger partial charge in [-0.3, -0.25) is 0 Å². The van der Waals surface area contributed by atoms with Crippen LogP contribution in [0.5, 0.6) is 0 Å². The summed E-state index contributed by atoms with van der Waals surface area (Å²) in [6.07, 6.45) is 16.7. The van der Waals surface area contributed by atoms with Crippen molar-refractivity contribution in [2.24, 2.45) is 29.1 Å². The van der Waals surface area contributed by atoms with Crippen LogP contribution in [0.1, 0.15) is 97.3 Å². The highest BCUT2D eigenvalue weighted by Gasteiger charge is 2.61. The first-order chi connectivity index (χ1) is 16.2. The Hall–Kier alpha value is -1.91. The van der Waals surface area contributed by atoms with Crippen LogP contribution in [0.3, 0.4) is 0 Å². The van der Waals surface area contributed by atoms with Crippen molar-refractivity contribution in [1.82, 2.24) is 0 Å². The summed E-state index contributed by atoms with van der Waals surface area (Å²) in [7, 11) is 0. The lowest BCUT2D eigenvalue weighted by atomic mass is 9.61. The van der Waals surface area contributed by atoms with Gasteiger partial charge in [-0.25, -0.2) is 9.59 Å². The Labute approximate surface area is 204 Å². The Morgan fingerprint density at radius 2 is 1.68 bits per heavy atom. The largest absolute Gasteiger partial charge is 0.456 e. The number of hydrogen-bond acceptors (Lipinski definition) is 5. The van der Waals surface area contributed by atoms with E-state index in [0.29, 0.717) is 17.4 Å². The van der Waals surface area contributed by atoms with Gasteiger partial charge in [0.15, 0.2) is 0 Å². The molecule has 5 saturated carbocycles. The number of hydrogen-bond donors (Lipinski definition) is 0. The molecule has 4 bridgehead atoms. The maximum absolute atomic E-state index is 12.0. The van der Waals surface area contributed by atoms with Crippen LogP contribution in [0.15, 0.2) is 24.8 Å². The summed E-state index contributed by atoms with van der Waals surface area (Å²) in [5.41, 5.74) is 0.280. The summed E-state index contributed by atoms with van der Waals surface area (Å²) in [5, 5.41) is 0. The van der Waals surface area contributed by atoms with E-state index in [9.17, 15) is 14.4 Å². The van der Waals surface area contributed by atoms with E-state index in [1.807, 2.05) is 0 Å². The molecule has 0 aromatic rings. The van der Waals surface area contributed by atoms with Gasteiger partial charge in [-0.15, -0.1) is 0 Å². The lowest BCUT2D eigenvalue weighted by Gasteiger charge is -2.43. The zero-order chi connectivity index (χ0) is 24.6. The predicted octanol–water partition coefficient (Wildman–Crippen LogP) is 6.11. The Balaban J connectivity index is 0.000000192. The maximum Gasteiger partial charge on any atom is 0.333 e. The molecule has 5 nitrogen and oxygen atoms in total. The van der Waals surface area contributed by atoms with E-state index in [0.717, 1.165) is 63.7 Å². The topological polar surface area (TPSA) is 69.7 Å². The Morgan fingerprint density at radius 3 is 2.24 bits per heavy atom. The van der Waals surface area contributed by atoms with Gasteiger partial charge in [0.1, 0.15) is 17.5 Å². The highest BCUT2D eigenvalue weighted by Crippen LogP contribution is 2.64. The number of ether oxygens (including phenoxy) is 2. The number of rotatable bonds is 7. The molecular formula is C29H42O5. The molecule has 34 heavy (non-hydrogen) atoms. The first-order valence-electron chi connectivity index (χ1n) is 13.4. The minimum absolute atomic E-state index is 0.0874. The molecule has 0 radical (unpaired) electrons. The van der Waals surface area contributed by atoms with Crippen molar-refractivity contribution in [3.05, 3.63) is 24.8 Å². The molecule has 0 amide bonds. The van der Waals surface area contributed by atoms with Gasteiger partial charge in [-0.1, -0.05) is 26.5 Å². The summed E-state index contributed by atoms with van der Waals surface area (Å²) >= 11 is 0. The van der Waals surface area contributed by atoms with Gasteiger partial charge < -0.3 is 14.3 Å². The molecule has 0 saturated heterocycles. The van der Waals surface area contributed by atoms with Gasteiger partial charge in [0, 0.05) is 17.6 Å². The van der Waals surface area contributed by atoms with Crippen molar-refractivity contribution in [3.63, 3.8) is 0 Å². The number of esters is 2. The van der Waals surface area contributed by atoms with Crippen LogP contribution in [-0.2, 0) is 23.9 Å². The van der Waals surface area contributed by atoms with E-state index in [4.69, 9.17) is 9.47 Å². The standard InChI is InChI=1S/C19H28O3.C10H14O2/c1-4-19(8-5-6-15(19)12-20)16-11-18(9-7-14(16)10-18)22-17(21)13(2)3;1-2-9(11)12-10-5-3-8(7-10)4-6-10/h12,14-16H,2,4-11H2,1,3H3;2,8H,1,3-7H2. The lowest BCUT2D eigenvalue weighted by molar-refractivity contribution is -0.155. The molecule has 0 aromatic heterocycles. The number of carbonyl (C=O) groups is 3. The van der Waals surface area contributed by atoms with Crippen LogP contribution in [0.4, 0.5) is 0 Å². The molecule has 0 aliphatic heterocycles. The molecular weight excluding hydrogens is 428 g/mol. The van der Waals surface area contributed by atoms with E-state index in [-0.39, 0.29) is 34.5 Å². The Kier molecular flexibility index (Phi) is 7.13. The summed E-state index contributed by atoms with van der Waals surface area (Å²) in [5.74, 6) is 1.70. The third-order valence-corrected chi connectivity index (χ3v) is 10.0. The van der Waals surface area contributed by atoms with Gasteiger partial charge in [-0.2, -0.15) is 0 Å². The zero-order valence-corrected chi connectivity index (χ0v) is 21.1. The summed E-state index contributed by atoms with van der Waals surface area (Å²) in [6.45, 7) is 11.1. The molecule has 5 atom stereocenters. The summed E-state index contributed by atoms with van der Waals surface area (Å²) < 4.78 is 11.3. The van der Waals surface area contributed by atoms with Gasteiger partial charge in [0.2, 0.25) is 0 Å². The summed E-state index contributed by atoms with van der Waals surface area (Å²) in [6, 6.07) is 0. The minimum Gasteiger partial charge on any atom is -0.456 e. The van der Waals surface area contributed by atoms with Crippen LogP contribution >= 0.6 is 0 Å². The average molecular weight is 471 g/mol. The highest BCUT2D eigenvalue weighted by atomic mass is 16.6. The van der Waals surface area contributed by atoms with E-state index < -0.39 is 0 Å². The molecule has 5 aliphatic carbocycles. The van der Waals surface area contributed by atoms with E-state index in [1.165, 1.54) is 38.0 Å². The maximum atomic E-state index is 12.0. The molecule has 0 aromatic carbocycles. The second-order valence-corrected chi connectivity index (χ2v) is 11.8. The fraction of sp³-hybridized carbons (Fsp3) is 0.759. The summed E-state index contributed by atoms with van der Waals surface area (Å²) in [4.78, 5) is 34.6. The van der Waals surface area contributed by atoms with Crippen molar-refractivity contribution < 1.29 is 23.9 Å². The predicted molar refractivity (Wildman–Crippen MR) is 131 cm³/mol. The molecule has 0 heterocycles. The molecule has 188 valence electrons. The van der Waals surface area contributed by atoms with Gasteiger partial charge in [0.25, 0.3) is 0 Å². The fourth-order valence-electron chi connectivity index (χ4n) is 8.34. The molecule has 5 aliphatic rings. The normalized spacial score (nSPS) is 41.5. The Bertz CT molecular complexity index is 837. The van der Waals surface area contributed by atoms with Crippen molar-refractivity contribution >= 4 is 18.2 Å². The van der Waals surface area contributed by atoms with Crippen LogP contribution in [0, 0.1) is 29.1 Å². The quantitative estimate of drug-likeness (QED) is 0.255. The monoisotopic (exact) mass is 470 g/mol. The van der Waals surface area contributed by atoms with E-state index >= 15 is 0 Å². The first kappa shape index (κ1) is 25.2. The van der Waals surface area contributed by atoms with E-state index in [1.54, 1.807) is 6.92 Å². The molecule has 5 fully saturated rings. The molecule has 0 spiro atoms. The second kappa shape index (κ2) is 9.62. The SMILES string of the molecule is C=C(C)C(=O)OC12CCC(C1)C(C1(CC)CCCC1C=O)C2.C=CC(=O)OC12CCC(CC1)C2. The molecule has 5 rings (SSSR count). The van der Waals surface area contributed by atoms with Crippen LogP contribution < -0.4 is 0 Å². The second-order valence-electron chi connectivity index (χ2n) is 11.8.